The molecule has 0 fully saturated rings. The molecule has 0 aliphatic rings. The lowest BCUT2D eigenvalue weighted by atomic mass is 10.2. The zero-order chi connectivity index (χ0) is 21.4. The van der Waals surface area contributed by atoms with E-state index in [1.807, 2.05) is 6.92 Å². The van der Waals surface area contributed by atoms with Gasteiger partial charge in [-0.25, -0.2) is 16.8 Å². The Morgan fingerprint density at radius 2 is 1.82 bits per heavy atom. The summed E-state index contributed by atoms with van der Waals surface area (Å²) in [5.41, 5.74) is -0.313. The Kier molecular flexibility index (Phi) is 8.82. The van der Waals surface area contributed by atoms with Crippen LogP contribution in [-0.4, -0.2) is 58.5 Å². The van der Waals surface area contributed by atoms with E-state index in [0.717, 1.165) is 25.2 Å². The van der Waals surface area contributed by atoms with E-state index in [2.05, 4.69) is 10.6 Å². The molecule has 0 radical (unpaired) electrons. The Bertz CT molecular complexity index is 912. The molecule has 0 spiro atoms. The van der Waals surface area contributed by atoms with Crippen LogP contribution in [-0.2, 0) is 24.5 Å². The molecular weight excluding hydrogens is 410 g/mol. The van der Waals surface area contributed by atoms with Crippen molar-refractivity contribution in [3.8, 4) is 0 Å². The molecule has 0 bridgehead atoms. The van der Waals surface area contributed by atoms with Crippen LogP contribution in [0.4, 0.5) is 11.4 Å². The predicted octanol–water partition coefficient (Wildman–Crippen LogP) is 1.13. The molecule has 1 aromatic carbocycles. The Labute approximate surface area is 164 Å². The number of hydrogen-bond donors (Lipinski definition) is 2. The third kappa shape index (κ3) is 8.21. The number of nitrogens with one attached hydrogen (secondary N) is 2. The van der Waals surface area contributed by atoms with Gasteiger partial charge in [0.05, 0.1) is 15.6 Å². The number of sulfone groups is 2. The largest absolute Gasteiger partial charge is 0.378 e. The van der Waals surface area contributed by atoms with Crippen molar-refractivity contribution in [1.29, 1.82) is 0 Å². The maximum Gasteiger partial charge on any atom is 0.293 e. The summed E-state index contributed by atoms with van der Waals surface area (Å²) in [4.78, 5) is 22.0. The van der Waals surface area contributed by atoms with Crippen molar-refractivity contribution in [3.63, 3.8) is 0 Å². The lowest BCUT2D eigenvalue weighted by Crippen LogP contribution is -2.34. The number of carbonyl (C=O) groups is 1. The second-order valence-electron chi connectivity index (χ2n) is 6.28. The Morgan fingerprint density at radius 1 is 1.14 bits per heavy atom. The summed E-state index contributed by atoms with van der Waals surface area (Å²) in [7, 11) is -7.04. The van der Waals surface area contributed by atoms with Crippen LogP contribution >= 0.6 is 0 Å². The van der Waals surface area contributed by atoms with Gasteiger partial charge in [0, 0.05) is 25.4 Å². The number of rotatable bonds is 12. The van der Waals surface area contributed by atoms with Crippen LogP contribution in [0.5, 0.6) is 0 Å². The standard InChI is InChI=1S/C16H25N3O7S2/c1-3-4-5-10-28(25,26)12-16(20)18-9-8-17-14-7-6-13(27(2,23)24)11-15(14)19(21)22/h6-7,11,17H,3-5,8-10,12H2,1-2H3,(H,18,20). The number of nitro benzene ring substituents is 1. The number of unbranched alkanes of at least 4 members (excludes halogenated alkanes) is 2. The molecule has 0 aliphatic heterocycles. The Hall–Kier alpha value is -2.21. The average molecular weight is 436 g/mol. The van der Waals surface area contributed by atoms with E-state index in [4.69, 9.17) is 0 Å². The molecular formula is C16H25N3O7S2. The molecule has 1 aromatic rings. The van der Waals surface area contributed by atoms with Gasteiger partial charge in [-0.15, -0.1) is 0 Å². The first-order valence-corrected chi connectivity index (χ1v) is 12.4. The zero-order valence-electron chi connectivity index (χ0n) is 15.8. The molecule has 0 saturated carbocycles. The van der Waals surface area contributed by atoms with Gasteiger partial charge >= 0.3 is 0 Å². The summed E-state index contributed by atoms with van der Waals surface area (Å²) in [5.74, 6) is -1.27. The van der Waals surface area contributed by atoms with Gasteiger partial charge in [0.25, 0.3) is 5.69 Å². The highest BCUT2D eigenvalue weighted by molar-refractivity contribution is 7.92. The number of benzene rings is 1. The maximum atomic E-state index is 11.8. The molecule has 28 heavy (non-hydrogen) atoms. The third-order valence-electron chi connectivity index (χ3n) is 3.77. The van der Waals surface area contributed by atoms with Crippen LogP contribution in [0.25, 0.3) is 0 Å². The van der Waals surface area contributed by atoms with Crippen LogP contribution < -0.4 is 10.6 Å². The molecule has 2 N–H and O–H groups in total. The van der Waals surface area contributed by atoms with Gasteiger partial charge in [-0.2, -0.15) is 0 Å². The van der Waals surface area contributed by atoms with Gasteiger partial charge in [-0.3, -0.25) is 14.9 Å². The lowest BCUT2D eigenvalue weighted by molar-refractivity contribution is -0.384. The number of anilines is 1. The monoisotopic (exact) mass is 435 g/mol. The van der Waals surface area contributed by atoms with Crippen molar-refractivity contribution in [2.75, 3.05) is 36.2 Å². The molecule has 0 aromatic heterocycles. The van der Waals surface area contributed by atoms with Crippen LogP contribution in [0.3, 0.4) is 0 Å². The summed E-state index contributed by atoms with van der Waals surface area (Å²) in [6.07, 6.45) is 3.12. The maximum absolute atomic E-state index is 11.8. The van der Waals surface area contributed by atoms with Gasteiger partial charge in [0.1, 0.15) is 11.4 Å². The molecule has 10 nitrogen and oxygen atoms in total. The fourth-order valence-electron chi connectivity index (χ4n) is 2.34. The highest BCUT2D eigenvalue weighted by atomic mass is 32.2. The van der Waals surface area contributed by atoms with E-state index in [9.17, 15) is 31.7 Å². The minimum Gasteiger partial charge on any atom is -0.378 e. The minimum atomic E-state index is -3.58. The first-order valence-electron chi connectivity index (χ1n) is 8.66. The van der Waals surface area contributed by atoms with Crippen LogP contribution in [0.15, 0.2) is 23.1 Å². The van der Waals surface area contributed by atoms with Crippen LogP contribution in [0.2, 0.25) is 0 Å². The molecule has 12 heteroatoms. The predicted molar refractivity (Wildman–Crippen MR) is 106 cm³/mol. The number of nitrogens with zero attached hydrogens (tertiary/aromatic N) is 1. The van der Waals surface area contributed by atoms with Crippen molar-refractivity contribution in [1.82, 2.24) is 5.32 Å². The van der Waals surface area contributed by atoms with Crippen molar-refractivity contribution in [2.45, 2.75) is 31.1 Å². The second kappa shape index (κ2) is 10.4. The molecule has 1 amide bonds. The number of hydrogen-bond acceptors (Lipinski definition) is 8. The van der Waals surface area contributed by atoms with Crippen molar-refractivity contribution >= 4 is 37.0 Å². The van der Waals surface area contributed by atoms with Crippen LogP contribution in [0.1, 0.15) is 26.2 Å². The molecule has 0 heterocycles. The van der Waals surface area contributed by atoms with Crippen molar-refractivity contribution in [2.24, 2.45) is 0 Å². The molecule has 1 rings (SSSR count). The van der Waals surface area contributed by atoms with E-state index in [-0.39, 0.29) is 29.4 Å². The fourth-order valence-corrected chi connectivity index (χ4v) is 4.27. The molecule has 0 atom stereocenters. The number of amides is 1. The third-order valence-corrected chi connectivity index (χ3v) is 6.49. The summed E-state index contributed by atoms with van der Waals surface area (Å²) in [6.45, 7) is 2.10. The molecule has 158 valence electrons. The normalized spacial score (nSPS) is 11.8. The quantitative estimate of drug-likeness (QED) is 0.281. The fraction of sp³-hybridized carbons (Fsp3) is 0.562. The molecule has 0 aliphatic carbocycles. The summed E-state index contributed by atoms with van der Waals surface area (Å²) in [6, 6.07) is 3.47. The number of carbonyl (C=O) groups excluding carboxylic acids is 1. The van der Waals surface area contributed by atoms with Crippen molar-refractivity contribution < 1.29 is 26.6 Å². The SMILES string of the molecule is CCCCCS(=O)(=O)CC(=O)NCCNc1ccc(S(C)(=O)=O)cc1[N+](=O)[O-]. The summed E-state index contributed by atoms with van der Waals surface area (Å²) < 4.78 is 46.6. The topological polar surface area (TPSA) is 153 Å². The summed E-state index contributed by atoms with van der Waals surface area (Å²) >= 11 is 0. The first-order chi connectivity index (χ1) is 13.0. The molecule has 0 saturated heterocycles. The average Bonchev–Trinajstić information content (AvgIpc) is 2.57. The number of nitro groups is 1. The molecule has 0 unspecified atom stereocenters. The first kappa shape index (κ1) is 23.8. The van der Waals surface area contributed by atoms with E-state index < -0.39 is 41.9 Å². The van der Waals surface area contributed by atoms with E-state index in [0.29, 0.717) is 6.42 Å². The van der Waals surface area contributed by atoms with E-state index in [1.54, 1.807) is 0 Å². The Morgan fingerprint density at radius 3 is 2.39 bits per heavy atom. The van der Waals surface area contributed by atoms with Gasteiger partial charge < -0.3 is 10.6 Å². The highest BCUT2D eigenvalue weighted by Gasteiger charge is 2.19. The van der Waals surface area contributed by atoms with Gasteiger partial charge in [0.15, 0.2) is 19.7 Å². The van der Waals surface area contributed by atoms with Crippen molar-refractivity contribution in [3.05, 3.63) is 28.3 Å². The Balaban J connectivity index is 2.58. The highest BCUT2D eigenvalue weighted by Crippen LogP contribution is 2.27. The van der Waals surface area contributed by atoms with Gasteiger partial charge in [0.2, 0.25) is 5.91 Å². The second-order valence-corrected chi connectivity index (χ2v) is 10.5. The van der Waals surface area contributed by atoms with E-state index in [1.165, 1.54) is 12.1 Å². The lowest BCUT2D eigenvalue weighted by Gasteiger charge is -2.10. The van der Waals surface area contributed by atoms with E-state index >= 15 is 0 Å². The van der Waals surface area contributed by atoms with Gasteiger partial charge in [-0.05, 0) is 18.6 Å². The van der Waals surface area contributed by atoms with Gasteiger partial charge in [-0.1, -0.05) is 19.8 Å². The summed E-state index contributed by atoms with van der Waals surface area (Å²) in [5, 5.41) is 16.3. The smallest absolute Gasteiger partial charge is 0.293 e. The minimum absolute atomic E-state index is 0.0363. The van der Waals surface area contributed by atoms with Crippen LogP contribution in [0, 0.1) is 10.1 Å². The zero-order valence-corrected chi connectivity index (χ0v) is 17.4.